The van der Waals surface area contributed by atoms with E-state index in [1.54, 1.807) is 0 Å². The molecular formula is H3NaO3SeV. The molecule has 0 aromatic heterocycles. The van der Waals surface area contributed by atoms with Crippen molar-refractivity contribution in [3.63, 3.8) is 0 Å². The molecule has 0 aliphatic rings. The van der Waals surface area contributed by atoms with Gasteiger partial charge in [0.1, 0.15) is 0 Å². The summed E-state index contributed by atoms with van der Waals surface area (Å²) in [5, 5.41) is 0. The molecule has 0 saturated heterocycles. The van der Waals surface area contributed by atoms with Gasteiger partial charge in [-0.15, -0.1) is 0 Å². The molecule has 0 aromatic rings. The normalized spacial score (nSPS) is 5.83. The van der Waals surface area contributed by atoms with E-state index in [4.69, 9.17) is 12.2 Å². The van der Waals surface area contributed by atoms with Crippen LogP contribution in [0.15, 0.2) is 0 Å². The van der Waals surface area contributed by atoms with Crippen molar-refractivity contribution < 1.29 is 30.8 Å². The SMILES string of the molecule is O=[Se](O)O.[NaH].[V]. The van der Waals surface area contributed by atoms with Gasteiger partial charge in [0, 0.05) is 18.6 Å². The van der Waals surface area contributed by atoms with E-state index in [-0.39, 0.29) is 48.1 Å². The van der Waals surface area contributed by atoms with Crippen molar-refractivity contribution in [2.24, 2.45) is 0 Å². The van der Waals surface area contributed by atoms with Gasteiger partial charge in [-0.25, -0.2) is 0 Å². The van der Waals surface area contributed by atoms with E-state index in [9.17, 15) is 0 Å². The van der Waals surface area contributed by atoms with Gasteiger partial charge in [-0.3, -0.25) is 0 Å². The average molecular weight is 204 g/mol. The van der Waals surface area contributed by atoms with Crippen molar-refractivity contribution in [2.45, 2.75) is 0 Å². The molecule has 0 bridgehead atoms. The quantitative estimate of drug-likeness (QED) is 0.437. The molecule has 3 nitrogen and oxygen atoms in total. The van der Waals surface area contributed by atoms with Crippen LogP contribution >= 0.6 is 0 Å². The first-order valence-corrected chi connectivity index (χ1v) is 2.76. The van der Waals surface area contributed by atoms with Crippen molar-refractivity contribution in [3.05, 3.63) is 0 Å². The minimum absolute atomic E-state index is 0. The molecule has 1 radical (unpaired) electrons. The standard InChI is InChI=1S/Na.H2O3Se.V.H/c;1-4(2)3;;/h;(H2,1,2,3);;. The molecule has 0 spiro atoms. The van der Waals surface area contributed by atoms with E-state index in [2.05, 4.69) is 0 Å². The molecule has 33 valence electrons. The summed E-state index contributed by atoms with van der Waals surface area (Å²) < 4.78 is 23.1. The molecule has 0 rings (SSSR count). The van der Waals surface area contributed by atoms with Crippen molar-refractivity contribution in [2.75, 3.05) is 0 Å². The number of hydrogen-bond acceptors (Lipinski definition) is 1. The van der Waals surface area contributed by atoms with E-state index in [1.807, 2.05) is 0 Å². The molecule has 6 heteroatoms. The molecule has 0 amide bonds. The van der Waals surface area contributed by atoms with E-state index in [0.717, 1.165) is 0 Å². The summed E-state index contributed by atoms with van der Waals surface area (Å²) in [6.45, 7) is 0. The van der Waals surface area contributed by atoms with Gasteiger partial charge in [-0.2, -0.15) is 0 Å². The summed E-state index contributed by atoms with van der Waals surface area (Å²) in [6.07, 6.45) is 0. The molecule has 0 fully saturated rings. The molecule has 0 saturated carbocycles. The topological polar surface area (TPSA) is 57.5 Å². The maximum Gasteiger partial charge on any atom is 0 e. The van der Waals surface area contributed by atoms with Crippen LogP contribution in [-0.4, -0.2) is 52.4 Å². The maximum atomic E-state index is 8.76. The maximum absolute atomic E-state index is 8.76. The second-order valence-electron chi connectivity index (χ2n) is 0.231. The van der Waals surface area contributed by atoms with Crippen LogP contribution < -0.4 is 0 Å². The zero-order valence-electron chi connectivity index (χ0n) is 2.16. The minimum atomic E-state index is -3.29. The second-order valence-corrected chi connectivity index (χ2v) is 1.20. The van der Waals surface area contributed by atoms with Crippen LogP contribution in [0, 0.1) is 0 Å². The van der Waals surface area contributed by atoms with Gasteiger partial charge in [-0.05, 0) is 0 Å². The fourth-order valence-corrected chi connectivity index (χ4v) is 0. The fraction of sp³-hybridized carbons (Fsp3) is 0. The Balaban J connectivity index is -0.0000000450. The Bertz CT molecular complexity index is 33.8. The fourth-order valence-electron chi connectivity index (χ4n) is 0. The first kappa shape index (κ1) is 15.7. The van der Waals surface area contributed by atoms with Gasteiger partial charge in [0.2, 0.25) is 0 Å². The number of rotatable bonds is 0. The molecule has 0 heterocycles. The third-order valence-corrected chi connectivity index (χ3v) is 0. The zero-order valence-corrected chi connectivity index (χ0v) is 5.27. The van der Waals surface area contributed by atoms with Gasteiger partial charge >= 0.3 is 56.3 Å². The molecular weight excluding hydrogens is 201 g/mol. The number of hydrogen-bond donors (Lipinski definition) is 2. The Morgan fingerprint density at radius 3 is 1.33 bits per heavy atom. The van der Waals surface area contributed by atoms with Crippen molar-refractivity contribution in [1.82, 2.24) is 0 Å². The summed E-state index contributed by atoms with van der Waals surface area (Å²) in [7, 11) is 0. The van der Waals surface area contributed by atoms with Crippen LogP contribution in [0.4, 0.5) is 0 Å². The summed E-state index contributed by atoms with van der Waals surface area (Å²) in [6, 6.07) is 0. The molecule has 0 aliphatic carbocycles. The first-order chi connectivity index (χ1) is 1.73. The predicted octanol–water partition coefficient (Wildman–Crippen LogP) is -2.26. The molecule has 0 unspecified atom stereocenters. The van der Waals surface area contributed by atoms with Crippen LogP contribution in [0.1, 0.15) is 0 Å². The minimum Gasteiger partial charge on any atom is 0 e. The predicted molar refractivity (Wildman–Crippen MR) is 18.0 cm³/mol. The summed E-state index contributed by atoms with van der Waals surface area (Å²) in [5.74, 6) is 0. The van der Waals surface area contributed by atoms with E-state index in [0.29, 0.717) is 0 Å². The van der Waals surface area contributed by atoms with Gasteiger partial charge < -0.3 is 0 Å². The van der Waals surface area contributed by atoms with Gasteiger partial charge in [0.25, 0.3) is 0 Å². The van der Waals surface area contributed by atoms with Crippen molar-refractivity contribution >= 4 is 44.0 Å². The van der Waals surface area contributed by atoms with Crippen LogP contribution in [-0.2, 0) is 22.4 Å². The monoisotopic (exact) mass is 205 g/mol. The molecule has 6 heavy (non-hydrogen) atoms. The largest absolute Gasteiger partial charge is 0 e. The van der Waals surface area contributed by atoms with Crippen LogP contribution in [0.5, 0.6) is 0 Å². The Kier molecular flexibility index (Phi) is 26.0. The third-order valence-electron chi connectivity index (χ3n) is 0. The Hall–Kier alpha value is 1.82. The first-order valence-electron chi connectivity index (χ1n) is 0.532. The summed E-state index contributed by atoms with van der Waals surface area (Å²) in [5.41, 5.74) is 0. The zero-order chi connectivity index (χ0) is 3.58. The Morgan fingerprint density at radius 2 is 1.33 bits per heavy atom. The average Bonchev–Trinajstić information content (AvgIpc) is 0.811. The summed E-state index contributed by atoms with van der Waals surface area (Å²) in [4.78, 5) is 0. The van der Waals surface area contributed by atoms with Crippen molar-refractivity contribution in [1.29, 1.82) is 0 Å². The van der Waals surface area contributed by atoms with Crippen LogP contribution in [0.3, 0.4) is 0 Å². The van der Waals surface area contributed by atoms with Gasteiger partial charge in [0.15, 0.2) is 0 Å². The van der Waals surface area contributed by atoms with Crippen LogP contribution in [0.2, 0.25) is 0 Å². The second kappa shape index (κ2) is 9.95. The smallest absolute Gasteiger partial charge is 0 e. The van der Waals surface area contributed by atoms with Gasteiger partial charge in [-0.1, -0.05) is 0 Å². The van der Waals surface area contributed by atoms with E-state index in [1.165, 1.54) is 0 Å². The third kappa shape index (κ3) is 40.7. The van der Waals surface area contributed by atoms with Crippen LogP contribution in [0.25, 0.3) is 0 Å². The van der Waals surface area contributed by atoms with E-state index >= 15 is 0 Å². The van der Waals surface area contributed by atoms with Crippen molar-refractivity contribution in [3.8, 4) is 0 Å². The van der Waals surface area contributed by atoms with Gasteiger partial charge in [0.05, 0.1) is 0 Å². The van der Waals surface area contributed by atoms with E-state index < -0.39 is 14.5 Å². The Morgan fingerprint density at radius 1 is 1.33 bits per heavy atom. The molecule has 0 atom stereocenters. The summed E-state index contributed by atoms with van der Waals surface area (Å²) >= 11 is -3.29. The molecule has 2 N–H and O–H groups in total. The molecule has 0 aliphatic heterocycles. The molecule has 0 aromatic carbocycles. The Labute approximate surface area is 74.0 Å².